The van der Waals surface area contributed by atoms with Crippen LogP contribution in [-0.4, -0.2) is 17.6 Å². The number of halogens is 2. The van der Waals surface area contributed by atoms with Crippen molar-refractivity contribution >= 4 is 0 Å². The van der Waals surface area contributed by atoms with Crippen LogP contribution in [0.15, 0.2) is 0 Å². The van der Waals surface area contributed by atoms with E-state index in [4.69, 9.17) is 5.84 Å². The Balaban J connectivity index is 2.54. The molecular weight excluding hydrogens is 114 g/mol. The van der Waals surface area contributed by atoms with Crippen LogP contribution < -0.4 is 5.84 Å². The van der Waals surface area contributed by atoms with Crippen molar-refractivity contribution in [2.75, 3.05) is 6.54 Å². The van der Waals surface area contributed by atoms with Gasteiger partial charge in [-0.2, -0.15) is 13.8 Å². The van der Waals surface area contributed by atoms with Gasteiger partial charge in [0.2, 0.25) is 0 Å². The normalized spacial score (nSPS) is 28.9. The van der Waals surface area contributed by atoms with Gasteiger partial charge < -0.3 is 0 Å². The molecule has 0 aromatic heterocycles. The maximum Gasteiger partial charge on any atom is 0.316 e. The molecule has 0 amide bonds. The minimum absolute atomic E-state index is 0.0938. The van der Waals surface area contributed by atoms with Crippen molar-refractivity contribution in [3.8, 4) is 0 Å². The largest absolute Gasteiger partial charge is 0.316 e. The highest BCUT2D eigenvalue weighted by atomic mass is 19.3. The second-order valence-electron chi connectivity index (χ2n) is 1.96. The molecule has 0 saturated carbocycles. The molecule has 1 aliphatic rings. The second kappa shape index (κ2) is 1.63. The Hall–Kier alpha value is -0.220. The zero-order chi connectivity index (χ0) is 6.20. The van der Waals surface area contributed by atoms with Crippen molar-refractivity contribution < 1.29 is 8.78 Å². The predicted molar refractivity (Wildman–Crippen MR) is 25.1 cm³/mol. The summed E-state index contributed by atoms with van der Waals surface area (Å²) in [7, 11) is 0. The molecular formula is C4H8F2N2. The summed E-state index contributed by atoms with van der Waals surface area (Å²) in [5, 5.41) is 0.590. The minimum Gasteiger partial charge on any atom is -0.264 e. The highest BCUT2D eigenvalue weighted by Gasteiger charge is 2.39. The van der Waals surface area contributed by atoms with E-state index in [9.17, 15) is 8.78 Å². The van der Waals surface area contributed by atoms with E-state index in [2.05, 4.69) is 0 Å². The number of alkyl halides is 2. The monoisotopic (exact) mass is 122 g/mol. The fourth-order valence-electron chi connectivity index (χ4n) is 0.769. The minimum atomic E-state index is -2.74. The summed E-state index contributed by atoms with van der Waals surface area (Å²) in [5.74, 6) is 4.90. The lowest BCUT2D eigenvalue weighted by Gasteiger charge is -2.16. The standard InChI is InChI=1S/C4H8F2N2/c5-4(6)2-1-3-8(4)7/h1-3,7H2. The van der Waals surface area contributed by atoms with Gasteiger partial charge in [-0.1, -0.05) is 0 Å². The molecule has 0 unspecified atom stereocenters. The molecule has 48 valence electrons. The number of nitrogens with zero attached hydrogens (tertiary/aromatic N) is 1. The highest BCUT2D eigenvalue weighted by molar-refractivity contribution is 4.71. The molecule has 0 atom stereocenters. The van der Waals surface area contributed by atoms with Crippen molar-refractivity contribution in [1.82, 2.24) is 5.01 Å². The Labute approximate surface area is 46.2 Å². The van der Waals surface area contributed by atoms with Crippen molar-refractivity contribution in [2.24, 2.45) is 5.84 Å². The van der Waals surface area contributed by atoms with Crippen molar-refractivity contribution in [2.45, 2.75) is 18.9 Å². The maximum absolute atomic E-state index is 12.1. The van der Waals surface area contributed by atoms with Gasteiger partial charge in [0.15, 0.2) is 0 Å². The van der Waals surface area contributed by atoms with Gasteiger partial charge in [-0.25, -0.2) is 0 Å². The molecule has 0 radical (unpaired) electrons. The van der Waals surface area contributed by atoms with Crippen LogP contribution >= 0.6 is 0 Å². The van der Waals surface area contributed by atoms with Crippen LogP contribution in [0, 0.1) is 0 Å². The third-order valence-electron chi connectivity index (χ3n) is 1.30. The van der Waals surface area contributed by atoms with Crippen molar-refractivity contribution in [3.05, 3.63) is 0 Å². The third kappa shape index (κ3) is 0.809. The summed E-state index contributed by atoms with van der Waals surface area (Å²) in [6, 6.07) is -2.74. The van der Waals surface area contributed by atoms with Crippen LogP contribution in [0.4, 0.5) is 8.78 Å². The lowest BCUT2D eigenvalue weighted by molar-refractivity contribution is -0.119. The average Bonchev–Trinajstić information content (AvgIpc) is 1.86. The van der Waals surface area contributed by atoms with Gasteiger partial charge in [0.05, 0.1) is 0 Å². The van der Waals surface area contributed by atoms with E-state index >= 15 is 0 Å². The third-order valence-corrected chi connectivity index (χ3v) is 1.30. The number of nitrogens with two attached hydrogens (primary N) is 1. The number of hydrogen-bond acceptors (Lipinski definition) is 2. The summed E-state index contributed by atoms with van der Waals surface area (Å²) >= 11 is 0. The van der Waals surface area contributed by atoms with Gasteiger partial charge in [-0.3, -0.25) is 5.84 Å². The molecule has 1 heterocycles. The van der Waals surface area contributed by atoms with E-state index in [0.29, 0.717) is 18.0 Å². The molecule has 4 heteroatoms. The van der Waals surface area contributed by atoms with Gasteiger partial charge in [0.25, 0.3) is 0 Å². The van der Waals surface area contributed by atoms with Gasteiger partial charge >= 0.3 is 6.05 Å². The number of rotatable bonds is 0. The van der Waals surface area contributed by atoms with E-state index in [1.54, 1.807) is 0 Å². The Morgan fingerprint density at radius 2 is 2.12 bits per heavy atom. The van der Waals surface area contributed by atoms with Gasteiger partial charge in [-0.05, 0) is 6.42 Å². The number of hydrazine groups is 1. The fourth-order valence-corrected chi connectivity index (χ4v) is 0.769. The van der Waals surface area contributed by atoms with Crippen molar-refractivity contribution in [1.29, 1.82) is 0 Å². The van der Waals surface area contributed by atoms with E-state index < -0.39 is 6.05 Å². The second-order valence-corrected chi connectivity index (χ2v) is 1.96. The molecule has 1 rings (SSSR count). The molecule has 8 heavy (non-hydrogen) atoms. The first kappa shape index (κ1) is 5.91. The molecule has 1 fully saturated rings. The summed E-state index contributed by atoms with van der Waals surface area (Å²) in [6.45, 7) is 0.312. The number of hydrogen-bond donors (Lipinski definition) is 1. The van der Waals surface area contributed by atoms with Crippen LogP contribution in [0.1, 0.15) is 12.8 Å². The van der Waals surface area contributed by atoms with E-state index in [1.165, 1.54) is 0 Å². The van der Waals surface area contributed by atoms with E-state index in [1.807, 2.05) is 0 Å². The zero-order valence-electron chi connectivity index (χ0n) is 4.40. The smallest absolute Gasteiger partial charge is 0.264 e. The first-order chi connectivity index (χ1) is 3.63. The fraction of sp³-hybridized carbons (Fsp3) is 1.00. The molecule has 0 aromatic carbocycles. The Kier molecular flexibility index (Phi) is 1.21. The Bertz CT molecular complexity index is 94.0. The molecule has 2 nitrogen and oxygen atoms in total. The topological polar surface area (TPSA) is 29.3 Å². The Morgan fingerprint density at radius 3 is 2.25 bits per heavy atom. The van der Waals surface area contributed by atoms with Gasteiger partial charge in [-0.15, -0.1) is 0 Å². The van der Waals surface area contributed by atoms with Crippen LogP contribution in [-0.2, 0) is 0 Å². The maximum atomic E-state index is 12.1. The van der Waals surface area contributed by atoms with Crippen LogP contribution in [0.2, 0.25) is 0 Å². The highest BCUT2D eigenvalue weighted by Crippen LogP contribution is 2.28. The van der Waals surface area contributed by atoms with E-state index in [-0.39, 0.29) is 6.42 Å². The van der Waals surface area contributed by atoms with Crippen LogP contribution in [0.3, 0.4) is 0 Å². The first-order valence-corrected chi connectivity index (χ1v) is 2.53. The van der Waals surface area contributed by atoms with Crippen molar-refractivity contribution in [3.63, 3.8) is 0 Å². The lowest BCUT2D eigenvalue weighted by atomic mass is 10.4. The van der Waals surface area contributed by atoms with Crippen LogP contribution in [0.25, 0.3) is 0 Å². The summed E-state index contributed by atoms with van der Waals surface area (Å²) in [4.78, 5) is 0. The molecule has 2 N–H and O–H groups in total. The molecule has 0 aromatic rings. The summed E-state index contributed by atoms with van der Waals surface area (Å²) in [5.41, 5.74) is 0. The SMILES string of the molecule is NN1CCCC1(F)F. The Morgan fingerprint density at radius 1 is 1.50 bits per heavy atom. The van der Waals surface area contributed by atoms with Crippen LogP contribution in [0.5, 0.6) is 0 Å². The van der Waals surface area contributed by atoms with Gasteiger partial charge in [0.1, 0.15) is 0 Å². The molecule has 1 saturated heterocycles. The lowest BCUT2D eigenvalue weighted by Crippen LogP contribution is -2.41. The van der Waals surface area contributed by atoms with Gasteiger partial charge in [0, 0.05) is 13.0 Å². The average molecular weight is 122 g/mol. The first-order valence-electron chi connectivity index (χ1n) is 2.53. The van der Waals surface area contributed by atoms with E-state index in [0.717, 1.165) is 0 Å². The predicted octanol–water partition coefficient (Wildman–Crippen LogP) is 0.549. The molecule has 1 aliphatic heterocycles. The quantitative estimate of drug-likeness (QED) is 0.375. The molecule has 0 aliphatic carbocycles. The zero-order valence-corrected chi connectivity index (χ0v) is 4.40. The summed E-state index contributed by atoms with van der Waals surface area (Å²) in [6.07, 6.45) is 0.410. The molecule has 0 spiro atoms. The molecule has 0 bridgehead atoms. The summed E-state index contributed by atoms with van der Waals surface area (Å²) < 4.78 is 24.3.